The molecule has 0 aliphatic rings. The third-order valence-corrected chi connectivity index (χ3v) is 1.58. The van der Waals surface area contributed by atoms with Crippen LogP contribution in [0.2, 0.25) is 0 Å². The normalized spacial score (nSPS) is 12.0. The van der Waals surface area contributed by atoms with Crippen molar-refractivity contribution in [2.45, 2.75) is 33.2 Å². The Morgan fingerprint density at radius 3 is 2.23 bits per heavy atom. The van der Waals surface area contributed by atoms with Crippen LogP contribution in [0.1, 0.15) is 27.7 Å². The average Bonchev–Trinajstić information content (AvgIpc) is 1.98. The highest BCUT2D eigenvalue weighted by molar-refractivity contribution is 5.85. The molecule has 0 bridgehead atoms. The number of rotatable bonds is 3. The van der Waals surface area contributed by atoms with Gasteiger partial charge in [0, 0.05) is 6.54 Å². The highest BCUT2D eigenvalue weighted by Gasteiger charge is 2.24. The fourth-order valence-corrected chi connectivity index (χ4v) is 0.569. The summed E-state index contributed by atoms with van der Waals surface area (Å²) in [4.78, 5) is 11.3. The van der Waals surface area contributed by atoms with Gasteiger partial charge in [0.25, 0.3) is 0 Å². The first-order valence-electron chi connectivity index (χ1n) is 4.17. The second-order valence-electron chi connectivity index (χ2n) is 4.40. The zero-order valence-corrected chi connectivity index (χ0v) is 8.64. The predicted molar refractivity (Wildman–Crippen MR) is 50.7 cm³/mol. The average molecular weight is 183 g/mol. The molecular formula is C9H17N3O. The lowest BCUT2D eigenvalue weighted by molar-refractivity contribution is -0.125. The van der Waals surface area contributed by atoms with Crippen molar-refractivity contribution in [2.75, 3.05) is 6.54 Å². The first kappa shape index (κ1) is 11.9. The maximum absolute atomic E-state index is 11.3. The van der Waals surface area contributed by atoms with Crippen LogP contribution in [-0.2, 0) is 4.79 Å². The number of amides is 1. The number of carbonyl (C=O) groups excluding carboxylic acids is 1. The summed E-state index contributed by atoms with van der Waals surface area (Å²) in [5, 5.41) is 11.3. The zero-order chi connectivity index (χ0) is 10.7. The minimum Gasteiger partial charge on any atom is -0.353 e. The Labute approximate surface area is 79.1 Å². The molecule has 0 aliphatic heterocycles. The monoisotopic (exact) mass is 183 g/mol. The Hall–Kier alpha value is -1.08. The van der Waals surface area contributed by atoms with E-state index in [2.05, 4.69) is 11.4 Å². The van der Waals surface area contributed by atoms with E-state index in [0.717, 1.165) is 0 Å². The van der Waals surface area contributed by atoms with E-state index in [1.807, 2.05) is 0 Å². The summed E-state index contributed by atoms with van der Waals surface area (Å²) in [6.07, 6.45) is 0. The van der Waals surface area contributed by atoms with E-state index in [4.69, 9.17) is 11.0 Å². The maximum Gasteiger partial charge on any atom is 0.239 e. The molecule has 0 aromatic rings. The molecule has 0 rings (SSSR count). The molecule has 0 atom stereocenters. The van der Waals surface area contributed by atoms with Crippen LogP contribution in [-0.4, -0.2) is 18.0 Å². The summed E-state index contributed by atoms with van der Waals surface area (Å²) < 4.78 is 0. The van der Waals surface area contributed by atoms with Crippen LogP contribution >= 0.6 is 0 Å². The molecule has 0 saturated heterocycles. The van der Waals surface area contributed by atoms with Crippen LogP contribution in [0.5, 0.6) is 0 Å². The second-order valence-corrected chi connectivity index (χ2v) is 4.40. The van der Waals surface area contributed by atoms with Crippen LogP contribution < -0.4 is 11.1 Å². The van der Waals surface area contributed by atoms with E-state index >= 15 is 0 Å². The van der Waals surface area contributed by atoms with Crippen molar-refractivity contribution in [3.05, 3.63) is 0 Å². The molecule has 0 spiro atoms. The van der Waals surface area contributed by atoms with E-state index in [1.54, 1.807) is 27.7 Å². The van der Waals surface area contributed by atoms with Crippen LogP contribution in [0, 0.1) is 16.7 Å². The number of hydrogen-bond donors (Lipinski definition) is 2. The largest absolute Gasteiger partial charge is 0.353 e. The Balaban J connectivity index is 4.08. The molecular weight excluding hydrogens is 166 g/mol. The highest BCUT2D eigenvalue weighted by Crippen LogP contribution is 2.11. The van der Waals surface area contributed by atoms with Gasteiger partial charge in [0.1, 0.15) is 0 Å². The van der Waals surface area contributed by atoms with Gasteiger partial charge in [0.15, 0.2) is 0 Å². The highest BCUT2D eigenvalue weighted by atomic mass is 16.2. The summed E-state index contributed by atoms with van der Waals surface area (Å²) in [5.41, 5.74) is 4.13. The molecule has 74 valence electrons. The molecule has 0 unspecified atom stereocenters. The molecule has 0 aliphatic carbocycles. The van der Waals surface area contributed by atoms with E-state index < -0.39 is 11.0 Å². The third kappa shape index (κ3) is 4.48. The van der Waals surface area contributed by atoms with Gasteiger partial charge in [0.05, 0.1) is 17.0 Å². The lowest BCUT2D eigenvalue weighted by Gasteiger charge is -2.21. The van der Waals surface area contributed by atoms with Crippen molar-refractivity contribution < 1.29 is 4.79 Å². The van der Waals surface area contributed by atoms with Gasteiger partial charge in [-0.3, -0.25) is 4.79 Å². The van der Waals surface area contributed by atoms with Crippen LogP contribution in [0.25, 0.3) is 0 Å². The third-order valence-electron chi connectivity index (χ3n) is 1.58. The fraction of sp³-hybridized carbons (Fsp3) is 0.778. The lowest BCUT2D eigenvalue weighted by atomic mass is 9.95. The van der Waals surface area contributed by atoms with Crippen molar-refractivity contribution >= 4 is 5.91 Å². The number of nitrogens with zero attached hydrogens (tertiary/aromatic N) is 1. The topological polar surface area (TPSA) is 78.9 Å². The number of nitrogens with one attached hydrogen (secondary N) is 1. The van der Waals surface area contributed by atoms with Gasteiger partial charge in [0.2, 0.25) is 5.91 Å². The molecule has 4 nitrogen and oxygen atoms in total. The van der Waals surface area contributed by atoms with E-state index in [9.17, 15) is 4.79 Å². The molecule has 3 N–H and O–H groups in total. The van der Waals surface area contributed by atoms with Gasteiger partial charge in [-0.15, -0.1) is 0 Å². The lowest BCUT2D eigenvalue weighted by Crippen LogP contribution is -2.50. The van der Waals surface area contributed by atoms with Crippen LogP contribution in [0.3, 0.4) is 0 Å². The van der Waals surface area contributed by atoms with Gasteiger partial charge in [-0.1, -0.05) is 0 Å². The van der Waals surface area contributed by atoms with Gasteiger partial charge < -0.3 is 11.1 Å². The SMILES string of the molecule is CC(C)(C#N)CNC(=O)C(C)(C)N. The Kier molecular flexibility index (Phi) is 3.44. The van der Waals surface area contributed by atoms with E-state index in [1.165, 1.54) is 0 Å². The Morgan fingerprint density at radius 1 is 1.46 bits per heavy atom. The molecule has 0 fully saturated rings. The van der Waals surface area contributed by atoms with Gasteiger partial charge in [-0.05, 0) is 27.7 Å². The van der Waals surface area contributed by atoms with Crippen molar-refractivity contribution in [3.8, 4) is 6.07 Å². The molecule has 0 aromatic heterocycles. The standard InChI is InChI=1S/C9H17N3O/c1-8(2,5-10)6-12-7(13)9(3,4)11/h6,11H2,1-4H3,(H,12,13). The van der Waals surface area contributed by atoms with Crippen molar-refractivity contribution in [1.29, 1.82) is 5.26 Å². The number of nitrogens with two attached hydrogens (primary N) is 1. The zero-order valence-electron chi connectivity index (χ0n) is 8.64. The number of hydrogen-bond acceptors (Lipinski definition) is 3. The summed E-state index contributed by atoms with van der Waals surface area (Å²) in [6.45, 7) is 7.10. The summed E-state index contributed by atoms with van der Waals surface area (Å²) >= 11 is 0. The molecule has 1 amide bonds. The van der Waals surface area contributed by atoms with E-state index in [-0.39, 0.29) is 5.91 Å². The molecule has 4 heteroatoms. The van der Waals surface area contributed by atoms with Crippen molar-refractivity contribution in [2.24, 2.45) is 11.1 Å². The van der Waals surface area contributed by atoms with Crippen LogP contribution in [0.4, 0.5) is 0 Å². The summed E-state index contributed by atoms with van der Waals surface area (Å²) in [5.74, 6) is -0.240. The summed E-state index contributed by atoms with van der Waals surface area (Å²) in [6, 6.07) is 2.09. The van der Waals surface area contributed by atoms with Gasteiger partial charge in [-0.25, -0.2) is 0 Å². The molecule has 0 aromatic carbocycles. The number of carbonyl (C=O) groups is 1. The van der Waals surface area contributed by atoms with E-state index in [0.29, 0.717) is 6.54 Å². The fourth-order valence-electron chi connectivity index (χ4n) is 0.569. The van der Waals surface area contributed by atoms with Crippen molar-refractivity contribution in [3.63, 3.8) is 0 Å². The number of nitriles is 1. The first-order chi connectivity index (χ1) is 5.69. The molecule has 0 radical (unpaired) electrons. The van der Waals surface area contributed by atoms with Crippen molar-refractivity contribution in [1.82, 2.24) is 5.32 Å². The Morgan fingerprint density at radius 2 is 1.92 bits per heavy atom. The second kappa shape index (κ2) is 3.75. The molecule has 13 heavy (non-hydrogen) atoms. The first-order valence-corrected chi connectivity index (χ1v) is 4.17. The summed E-state index contributed by atoms with van der Waals surface area (Å²) in [7, 11) is 0. The predicted octanol–water partition coefficient (Wildman–Crippen LogP) is 0.390. The molecule has 0 saturated carbocycles. The minimum absolute atomic E-state index is 0.240. The maximum atomic E-state index is 11.3. The quantitative estimate of drug-likeness (QED) is 0.664. The minimum atomic E-state index is -0.883. The smallest absolute Gasteiger partial charge is 0.239 e. The molecule has 0 heterocycles. The van der Waals surface area contributed by atoms with Gasteiger partial charge in [-0.2, -0.15) is 5.26 Å². The van der Waals surface area contributed by atoms with Crippen LogP contribution in [0.15, 0.2) is 0 Å². The Bertz CT molecular complexity index is 232. The van der Waals surface area contributed by atoms with Gasteiger partial charge >= 0.3 is 0 Å².